The van der Waals surface area contributed by atoms with Crippen molar-refractivity contribution in [2.24, 2.45) is 5.92 Å². The molecule has 1 amide bonds. The van der Waals surface area contributed by atoms with E-state index in [9.17, 15) is 14.7 Å². The Morgan fingerprint density at radius 2 is 2.28 bits per heavy atom. The van der Waals surface area contributed by atoms with E-state index in [1.165, 1.54) is 0 Å². The van der Waals surface area contributed by atoms with Gasteiger partial charge in [-0.1, -0.05) is 6.92 Å². The van der Waals surface area contributed by atoms with Crippen molar-refractivity contribution in [1.29, 1.82) is 0 Å². The van der Waals surface area contributed by atoms with Crippen molar-refractivity contribution in [3.05, 3.63) is 17.5 Å². The fourth-order valence-corrected chi connectivity index (χ4v) is 1.95. The molecule has 1 saturated carbocycles. The topological polar surface area (TPSA) is 95.1 Å². The highest BCUT2D eigenvalue weighted by Gasteiger charge is 2.48. The Morgan fingerprint density at radius 1 is 1.61 bits per heavy atom. The number of carboxylic acids is 1. The van der Waals surface area contributed by atoms with Crippen molar-refractivity contribution in [2.75, 3.05) is 0 Å². The van der Waals surface area contributed by atoms with Gasteiger partial charge in [0.1, 0.15) is 11.2 Å². The van der Waals surface area contributed by atoms with Crippen LogP contribution in [0, 0.1) is 5.92 Å². The van der Waals surface area contributed by atoms with Gasteiger partial charge < -0.3 is 10.4 Å². The van der Waals surface area contributed by atoms with E-state index in [2.05, 4.69) is 15.5 Å². The molecule has 1 heterocycles. The third kappa shape index (κ3) is 2.23. The first kappa shape index (κ1) is 12.6. The predicted molar refractivity (Wildman–Crippen MR) is 64.2 cm³/mol. The van der Waals surface area contributed by atoms with Crippen LogP contribution in [0.15, 0.2) is 6.07 Å². The van der Waals surface area contributed by atoms with Crippen LogP contribution in [0.3, 0.4) is 0 Å². The molecule has 2 rings (SSSR count). The van der Waals surface area contributed by atoms with E-state index in [1.807, 2.05) is 6.92 Å². The molecular formula is C12H17N3O3. The number of aromatic nitrogens is 2. The van der Waals surface area contributed by atoms with Gasteiger partial charge in [-0.25, -0.2) is 4.79 Å². The van der Waals surface area contributed by atoms with E-state index in [1.54, 1.807) is 13.0 Å². The SMILES string of the molecule is CCc1cc(C(=O)NC(C)(C(=O)O)C2CC2)n[nH]1. The first-order chi connectivity index (χ1) is 8.47. The molecular weight excluding hydrogens is 234 g/mol. The van der Waals surface area contributed by atoms with Crippen molar-refractivity contribution in [2.45, 2.75) is 38.6 Å². The Morgan fingerprint density at radius 3 is 2.72 bits per heavy atom. The number of carboxylic acid groups (broad SMARTS) is 1. The number of carbonyl (C=O) groups excluding carboxylic acids is 1. The summed E-state index contributed by atoms with van der Waals surface area (Å²) in [6.07, 6.45) is 2.42. The second-order valence-corrected chi connectivity index (χ2v) is 4.87. The van der Waals surface area contributed by atoms with Crippen molar-refractivity contribution < 1.29 is 14.7 Å². The first-order valence-corrected chi connectivity index (χ1v) is 6.07. The molecule has 0 saturated heterocycles. The van der Waals surface area contributed by atoms with Crippen LogP contribution < -0.4 is 5.32 Å². The number of H-pyrrole nitrogens is 1. The molecule has 0 spiro atoms. The van der Waals surface area contributed by atoms with Crippen molar-refractivity contribution >= 4 is 11.9 Å². The summed E-state index contributed by atoms with van der Waals surface area (Å²) in [7, 11) is 0. The molecule has 1 aromatic rings. The maximum absolute atomic E-state index is 12.0. The number of hydrogen-bond donors (Lipinski definition) is 3. The number of nitrogens with one attached hydrogen (secondary N) is 2. The fraction of sp³-hybridized carbons (Fsp3) is 0.583. The maximum atomic E-state index is 12.0. The third-order valence-corrected chi connectivity index (χ3v) is 3.46. The number of carbonyl (C=O) groups is 2. The quantitative estimate of drug-likeness (QED) is 0.726. The summed E-state index contributed by atoms with van der Waals surface area (Å²) in [4.78, 5) is 23.3. The zero-order chi connectivity index (χ0) is 13.3. The summed E-state index contributed by atoms with van der Waals surface area (Å²) >= 11 is 0. The minimum absolute atomic E-state index is 0.0172. The number of aromatic amines is 1. The van der Waals surface area contributed by atoms with Gasteiger partial charge in [0.2, 0.25) is 0 Å². The summed E-state index contributed by atoms with van der Waals surface area (Å²) in [5, 5.41) is 18.5. The van der Waals surface area contributed by atoms with Gasteiger partial charge in [0.15, 0.2) is 0 Å². The molecule has 18 heavy (non-hydrogen) atoms. The van der Waals surface area contributed by atoms with Crippen LogP contribution in [0.25, 0.3) is 0 Å². The minimum atomic E-state index is -1.19. The van der Waals surface area contributed by atoms with E-state index < -0.39 is 17.4 Å². The average molecular weight is 251 g/mol. The average Bonchev–Trinajstić information content (AvgIpc) is 3.07. The molecule has 0 radical (unpaired) electrons. The largest absolute Gasteiger partial charge is 0.480 e. The molecule has 3 N–H and O–H groups in total. The van der Waals surface area contributed by atoms with Crippen LogP contribution >= 0.6 is 0 Å². The number of aliphatic carboxylic acids is 1. The van der Waals surface area contributed by atoms with Crippen LogP contribution in [0.1, 0.15) is 42.9 Å². The van der Waals surface area contributed by atoms with Crippen molar-refractivity contribution in [3.63, 3.8) is 0 Å². The zero-order valence-corrected chi connectivity index (χ0v) is 10.5. The standard InChI is InChI=1S/C12H17N3O3/c1-3-8-6-9(15-14-8)10(16)13-12(2,11(17)18)7-4-5-7/h6-7H,3-5H2,1-2H3,(H,13,16)(H,14,15)(H,17,18). The van der Waals surface area contributed by atoms with E-state index in [-0.39, 0.29) is 11.6 Å². The van der Waals surface area contributed by atoms with Crippen LogP contribution in [0.2, 0.25) is 0 Å². The highest BCUT2D eigenvalue weighted by atomic mass is 16.4. The lowest BCUT2D eigenvalue weighted by atomic mass is 9.96. The lowest BCUT2D eigenvalue weighted by Crippen LogP contribution is -2.54. The molecule has 6 heteroatoms. The zero-order valence-electron chi connectivity index (χ0n) is 10.5. The highest BCUT2D eigenvalue weighted by Crippen LogP contribution is 2.39. The second-order valence-electron chi connectivity index (χ2n) is 4.87. The normalized spacial score (nSPS) is 18.1. The summed E-state index contributed by atoms with van der Waals surface area (Å²) in [6, 6.07) is 1.64. The van der Waals surface area contributed by atoms with E-state index >= 15 is 0 Å². The predicted octanol–water partition coefficient (Wildman–Crippen LogP) is 0.955. The van der Waals surface area contributed by atoms with Gasteiger partial charge in [-0.2, -0.15) is 5.10 Å². The van der Waals surface area contributed by atoms with Gasteiger partial charge in [0.05, 0.1) is 0 Å². The Hall–Kier alpha value is -1.85. The molecule has 0 aromatic carbocycles. The summed E-state index contributed by atoms with van der Waals surface area (Å²) in [5.41, 5.74) is -0.105. The fourth-order valence-electron chi connectivity index (χ4n) is 1.95. The minimum Gasteiger partial charge on any atom is -0.480 e. The Balaban J connectivity index is 2.12. The van der Waals surface area contributed by atoms with E-state index in [0.29, 0.717) is 0 Å². The molecule has 6 nitrogen and oxygen atoms in total. The monoisotopic (exact) mass is 251 g/mol. The Labute approximate surface area is 105 Å². The lowest BCUT2D eigenvalue weighted by molar-refractivity contribution is -0.144. The molecule has 98 valence electrons. The lowest BCUT2D eigenvalue weighted by Gasteiger charge is -2.25. The van der Waals surface area contributed by atoms with Crippen molar-refractivity contribution in [1.82, 2.24) is 15.5 Å². The van der Waals surface area contributed by atoms with Gasteiger partial charge in [-0.3, -0.25) is 9.89 Å². The van der Waals surface area contributed by atoms with Crippen LogP contribution in [0.4, 0.5) is 0 Å². The van der Waals surface area contributed by atoms with Crippen molar-refractivity contribution in [3.8, 4) is 0 Å². The Kier molecular flexibility index (Phi) is 3.11. The number of aryl methyl sites for hydroxylation is 1. The summed E-state index contributed by atoms with van der Waals surface area (Å²) in [5.74, 6) is -1.42. The summed E-state index contributed by atoms with van der Waals surface area (Å²) in [6.45, 7) is 3.50. The number of hydrogen-bond acceptors (Lipinski definition) is 3. The first-order valence-electron chi connectivity index (χ1n) is 6.07. The van der Waals surface area contributed by atoms with Gasteiger partial charge in [0, 0.05) is 5.69 Å². The van der Waals surface area contributed by atoms with Crippen LogP contribution in [-0.4, -0.2) is 32.7 Å². The van der Waals surface area contributed by atoms with Gasteiger partial charge in [-0.05, 0) is 38.2 Å². The van der Waals surface area contributed by atoms with E-state index in [0.717, 1.165) is 25.0 Å². The van der Waals surface area contributed by atoms with Crippen LogP contribution in [0.5, 0.6) is 0 Å². The van der Waals surface area contributed by atoms with Crippen LogP contribution in [-0.2, 0) is 11.2 Å². The maximum Gasteiger partial charge on any atom is 0.329 e. The molecule has 1 unspecified atom stereocenters. The smallest absolute Gasteiger partial charge is 0.329 e. The molecule has 1 aromatic heterocycles. The molecule has 1 fully saturated rings. The number of amides is 1. The molecule has 1 atom stereocenters. The third-order valence-electron chi connectivity index (χ3n) is 3.46. The number of rotatable bonds is 5. The Bertz CT molecular complexity index is 479. The summed E-state index contributed by atoms with van der Waals surface area (Å²) < 4.78 is 0. The molecule has 0 bridgehead atoms. The van der Waals surface area contributed by atoms with Gasteiger partial charge in [-0.15, -0.1) is 0 Å². The van der Waals surface area contributed by atoms with Gasteiger partial charge in [0.25, 0.3) is 5.91 Å². The van der Waals surface area contributed by atoms with E-state index in [4.69, 9.17) is 0 Å². The molecule has 1 aliphatic rings. The second kappa shape index (κ2) is 4.44. The number of nitrogens with zero attached hydrogens (tertiary/aromatic N) is 1. The molecule has 0 aliphatic heterocycles. The van der Waals surface area contributed by atoms with Gasteiger partial charge >= 0.3 is 5.97 Å². The molecule has 1 aliphatic carbocycles. The highest BCUT2D eigenvalue weighted by molar-refractivity contribution is 5.96.